The summed E-state index contributed by atoms with van der Waals surface area (Å²) in [6.45, 7) is 4.33. The number of ether oxygens (including phenoxy) is 1. The Kier molecular flexibility index (Phi) is 6.58. The number of carbonyl (C=O) groups is 1. The van der Waals surface area contributed by atoms with Crippen molar-refractivity contribution < 1.29 is 9.53 Å². The highest BCUT2D eigenvalue weighted by Gasteiger charge is 2.32. The monoisotopic (exact) mass is 372 g/mol. The highest BCUT2D eigenvalue weighted by atomic mass is 16.5. The van der Waals surface area contributed by atoms with E-state index in [0.717, 1.165) is 55.2 Å². The summed E-state index contributed by atoms with van der Waals surface area (Å²) in [6.07, 6.45) is 5.50. The number of benzene rings is 1. The lowest BCUT2D eigenvalue weighted by Crippen LogP contribution is -2.45. The van der Waals surface area contributed by atoms with Crippen LogP contribution in [0.1, 0.15) is 43.2 Å². The van der Waals surface area contributed by atoms with Gasteiger partial charge in [0.05, 0.1) is 7.11 Å². The molecule has 2 fully saturated rings. The van der Waals surface area contributed by atoms with Crippen LogP contribution in [0.15, 0.2) is 23.2 Å². The minimum Gasteiger partial charge on any atom is -0.496 e. The fourth-order valence-electron chi connectivity index (χ4n) is 4.06. The van der Waals surface area contributed by atoms with E-state index in [9.17, 15) is 4.79 Å². The van der Waals surface area contributed by atoms with E-state index in [1.54, 1.807) is 14.2 Å². The van der Waals surface area contributed by atoms with Gasteiger partial charge >= 0.3 is 0 Å². The number of carbonyl (C=O) groups excluding carboxylic acids is 1. The summed E-state index contributed by atoms with van der Waals surface area (Å²) in [5.74, 6) is 2.29. The summed E-state index contributed by atoms with van der Waals surface area (Å²) in [6, 6.07) is 6.47. The van der Waals surface area contributed by atoms with Gasteiger partial charge in [-0.3, -0.25) is 9.79 Å². The predicted molar refractivity (Wildman–Crippen MR) is 108 cm³/mol. The Morgan fingerprint density at radius 1 is 1.30 bits per heavy atom. The summed E-state index contributed by atoms with van der Waals surface area (Å²) in [7, 11) is 3.47. The topological polar surface area (TPSA) is 66.0 Å². The third-order valence-electron chi connectivity index (χ3n) is 5.70. The van der Waals surface area contributed by atoms with E-state index in [1.807, 2.05) is 17.9 Å². The highest BCUT2D eigenvalue weighted by Crippen LogP contribution is 2.27. The first-order chi connectivity index (χ1) is 13.1. The molecule has 1 aliphatic carbocycles. The third kappa shape index (κ3) is 4.93. The minimum atomic E-state index is 0.258. The molecule has 1 amide bonds. The molecule has 0 aromatic heterocycles. The number of aryl methyl sites for hydroxylation is 1. The van der Waals surface area contributed by atoms with Crippen LogP contribution < -0.4 is 15.4 Å². The number of nitrogens with one attached hydrogen (secondary N) is 2. The van der Waals surface area contributed by atoms with Crippen molar-refractivity contribution in [2.24, 2.45) is 10.9 Å². The van der Waals surface area contributed by atoms with E-state index in [2.05, 4.69) is 27.8 Å². The first kappa shape index (κ1) is 19.5. The average Bonchev–Trinajstić information content (AvgIpc) is 3.37. The molecular formula is C21H32N4O2. The second-order valence-corrected chi connectivity index (χ2v) is 7.63. The summed E-state index contributed by atoms with van der Waals surface area (Å²) >= 11 is 0. The van der Waals surface area contributed by atoms with Crippen molar-refractivity contribution in [1.82, 2.24) is 15.5 Å². The van der Waals surface area contributed by atoms with Gasteiger partial charge in [0.1, 0.15) is 5.75 Å². The average molecular weight is 373 g/mol. The molecular weight excluding hydrogens is 340 g/mol. The van der Waals surface area contributed by atoms with Crippen LogP contribution in [0.3, 0.4) is 0 Å². The normalized spacial score (nSPS) is 20.8. The molecule has 148 valence electrons. The Morgan fingerprint density at radius 3 is 2.78 bits per heavy atom. The van der Waals surface area contributed by atoms with Crippen LogP contribution >= 0.6 is 0 Å². The van der Waals surface area contributed by atoms with Crippen LogP contribution in [0.25, 0.3) is 0 Å². The molecule has 3 rings (SSSR count). The zero-order chi connectivity index (χ0) is 19.2. The molecule has 0 bridgehead atoms. The first-order valence-corrected chi connectivity index (χ1v) is 10.00. The van der Waals surface area contributed by atoms with Gasteiger partial charge in [0.15, 0.2) is 5.96 Å². The summed E-state index contributed by atoms with van der Waals surface area (Å²) in [5.41, 5.74) is 2.27. The molecule has 1 saturated carbocycles. The molecule has 27 heavy (non-hydrogen) atoms. The number of hydrogen-bond acceptors (Lipinski definition) is 3. The second-order valence-electron chi connectivity index (χ2n) is 7.63. The minimum absolute atomic E-state index is 0.258. The third-order valence-corrected chi connectivity index (χ3v) is 5.70. The van der Waals surface area contributed by atoms with E-state index in [4.69, 9.17) is 4.74 Å². The van der Waals surface area contributed by atoms with E-state index >= 15 is 0 Å². The van der Waals surface area contributed by atoms with Gasteiger partial charge in [0.2, 0.25) is 5.91 Å². The fraction of sp³-hybridized carbons (Fsp3) is 0.619. The van der Waals surface area contributed by atoms with Crippen molar-refractivity contribution in [1.29, 1.82) is 0 Å². The van der Waals surface area contributed by atoms with Crippen LogP contribution in [0, 0.1) is 12.8 Å². The second kappa shape index (κ2) is 9.11. The predicted octanol–water partition coefficient (Wildman–Crippen LogP) is 2.46. The van der Waals surface area contributed by atoms with E-state index in [1.165, 1.54) is 12.8 Å². The number of likely N-dealkylation sites (tertiary alicyclic amines) is 1. The number of guanidine groups is 1. The van der Waals surface area contributed by atoms with Gasteiger partial charge in [-0.1, -0.05) is 25.0 Å². The lowest BCUT2D eigenvalue weighted by molar-refractivity contribution is -0.134. The number of nitrogens with zero attached hydrogens (tertiary/aromatic N) is 2. The lowest BCUT2D eigenvalue weighted by Gasteiger charge is -2.21. The fourth-order valence-corrected chi connectivity index (χ4v) is 4.06. The van der Waals surface area contributed by atoms with Crippen molar-refractivity contribution in [3.05, 3.63) is 29.3 Å². The zero-order valence-electron chi connectivity index (χ0n) is 16.8. The van der Waals surface area contributed by atoms with Crippen LogP contribution in [0.4, 0.5) is 0 Å². The number of hydrogen-bond donors (Lipinski definition) is 2. The molecule has 1 unspecified atom stereocenters. The van der Waals surface area contributed by atoms with Crippen LogP contribution in [0.2, 0.25) is 0 Å². The van der Waals surface area contributed by atoms with Crippen molar-refractivity contribution in [3.63, 3.8) is 0 Å². The Balaban J connectivity index is 1.48. The van der Waals surface area contributed by atoms with Gasteiger partial charge in [0, 0.05) is 38.6 Å². The Labute approximate surface area is 162 Å². The summed E-state index contributed by atoms with van der Waals surface area (Å²) < 4.78 is 5.39. The van der Waals surface area contributed by atoms with Crippen molar-refractivity contribution in [2.75, 3.05) is 27.2 Å². The number of methoxy groups -OCH3 is 1. The Bertz CT molecular complexity index is 683. The molecule has 1 heterocycles. The van der Waals surface area contributed by atoms with Gasteiger partial charge in [-0.25, -0.2) is 0 Å². The molecule has 1 aromatic carbocycles. The van der Waals surface area contributed by atoms with Gasteiger partial charge in [0.25, 0.3) is 0 Å². The lowest BCUT2D eigenvalue weighted by atomic mass is 10.1. The highest BCUT2D eigenvalue weighted by molar-refractivity contribution is 5.81. The molecule has 1 aromatic rings. The maximum absolute atomic E-state index is 12.6. The largest absolute Gasteiger partial charge is 0.496 e. The SMILES string of the molecule is CN=C(NCc1ccc(C)c(OC)c1)NC1CCN(C(=O)C2CCCC2)C1. The van der Waals surface area contributed by atoms with Gasteiger partial charge in [-0.15, -0.1) is 0 Å². The standard InChI is InChI=1S/C21H32N4O2/c1-15-8-9-16(12-19(15)27-3)13-23-21(22-2)24-18-10-11-25(14-18)20(26)17-6-4-5-7-17/h8-9,12,17-18H,4-7,10-11,13-14H2,1-3H3,(H2,22,23,24). The van der Waals surface area contributed by atoms with E-state index in [-0.39, 0.29) is 12.0 Å². The summed E-state index contributed by atoms with van der Waals surface area (Å²) in [5, 5.41) is 6.83. The van der Waals surface area contributed by atoms with Crippen LogP contribution in [0.5, 0.6) is 5.75 Å². The molecule has 2 N–H and O–H groups in total. The maximum Gasteiger partial charge on any atom is 0.225 e. The van der Waals surface area contributed by atoms with Crippen molar-refractivity contribution in [2.45, 2.75) is 51.6 Å². The smallest absolute Gasteiger partial charge is 0.225 e. The first-order valence-electron chi connectivity index (χ1n) is 10.00. The van der Waals surface area contributed by atoms with Gasteiger partial charge in [-0.05, 0) is 43.4 Å². The summed E-state index contributed by atoms with van der Waals surface area (Å²) in [4.78, 5) is 19.0. The molecule has 1 atom stereocenters. The molecule has 2 aliphatic rings. The van der Waals surface area contributed by atoms with Crippen LogP contribution in [-0.2, 0) is 11.3 Å². The van der Waals surface area contributed by atoms with Gasteiger partial charge < -0.3 is 20.3 Å². The zero-order valence-corrected chi connectivity index (χ0v) is 16.8. The van der Waals surface area contributed by atoms with Crippen LogP contribution in [-0.4, -0.2) is 50.1 Å². The number of aliphatic imine (C=N–C) groups is 1. The van der Waals surface area contributed by atoms with Crippen molar-refractivity contribution >= 4 is 11.9 Å². The molecule has 1 saturated heterocycles. The molecule has 6 nitrogen and oxygen atoms in total. The number of rotatable bonds is 5. The Morgan fingerprint density at radius 2 is 2.07 bits per heavy atom. The molecule has 0 spiro atoms. The number of amides is 1. The van der Waals surface area contributed by atoms with Crippen molar-refractivity contribution in [3.8, 4) is 5.75 Å². The molecule has 1 aliphatic heterocycles. The van der Waals surface area contributed by atoms with E-state index < -0.39 is 0 Å². The molecule has 0 radical (unpaired) electrons. The maximum atomic E-state index is 12.6. The Hall–Kier alpha value is -2.24. The quantitative estimate of drug-likeness (QED) is 0.616. The van der Waals surface area contributed by atoms with E-state index in [0.29, 0.717) is 12.5 Å². The molecule has 6 heteroatoms. The van der Waals surface area contributed by atoms with Gasteiger partial charge in [-0.2, -0.15) is 0 Å².